The van der Waals surface area contributed by atoms with Gasteiger partial charge in [0.15, 0.2) is 0 Å². The summed E-state index contributed by atoms with van der Waals surface area (Å²) in [6, 6.07) is 5.09. The van der Waals surface area contributed by atoms with Crippen LogP contribution >= 0.6 is 0 Å². The van der Waals surface area contributed by atoms with Crippen LogP contribution in [0, 0.1) is 6.92 Å². The Morgan fingerprint density at radius 1 is 1.29 bits per heavy atom. The van der Waals surface area contributed by atoms with E-state index in [4.69, 9.17) is 4.74 Å². The van der Waals surface area contributed by atoms with E-state index in [0.717, 1.165) is 5.56 Å². The Balaban J connectivity index is 2.26. The summed E-state index contributed by atoms with van der Waals surface area (Å²) in [7, 11) is -1.02. The van der Waals surface area contributed by atoms with Crippen LogP contribution in [0.3, 0.4) is 0 Å². The monoisotopic (exact) mass is 422 g/mol. The highest BCUT2D eigenvalue weighted by molar-refractivity contribution is 8.06. The molecule has 2 N–H and O–H groups in total. The number of aliphatic imine (C=N–C) groups is 1. The minimum atomic E-state index is -3.99. The van der Waals surface area contributed by atoms with E-state index >= 15 is 0 Å². The highest BCUT2D eigenvalue weighted by Gasteiger charge is 2.40. The van der Waals surface area contributed by atoms with Gasteiger partial charge in [-0.2, -0.15) is 8.78 Å². The van der Waals surface area contributed by atoms with Crippen molar-refractivity contribution in [2.75, 3.05) is 27.3 Å². The molecule has 8 nitrogen and oxygen atoms in total. The van der Waals surface area contributed by atoms with Gasteiger partial charge in [-0.05, 0) is 19.1 Å². The van der Waals surface area contributed by atoms with Gasteiger partial charge in [-0.15, -0.1) is 0 Å². The minimum Gasteiger partial charge on any atom is -0.388 e. The Kier molecular flexibility index (Phi) is 7.46. The van der Waals surface area contributed by atoms with Crippen molar-refractivity contribution in [2.45, 2.75) is 42.8 Å². The van der Waals surface area contributed by atoms with Crippen molar-refractivity contribution in [3.05, 3.63) is 29.8 Å². The van der Waals surface area contributed by atoms with Crippen LogP contribution in [0.5, 0.6) is 0 Å². The summed E-state index contributed by atoms with van der Waals surface area (Å²) < 4.78 is 59.5. The van der Waals surface area contributed by atoms with Gasteiger partial charge in [-0.1, -0.05) is 17.7 Å². The van der Waals surface area contributed by atoms with Crippen LogP contribution in [-0.2, 0) is 19.3 Å². The maximum absolute atomic E-state index is 12.9. The van der Waals surface area contributed by atoms with Gasteiger partial charge < -0.3 is 24.6 Å². The fourth-order valence-corrected chi connectivity index (χ4v) is 4.14. The Morgan fingerprint density at radius 3 is 2.43 bits per heavy atom. The number of amidine groups is 1. The Labute approximate surface area is 162 Å². The van der Waals surface area contributed by atoms with Gasteiger partial charge in [0.2, 0.25) is 15.0 Å². The molecule has 1 aliphatic rings. The van der Waals surface area contributed by atoms with Crippen LogP contribution < -0.4 is 0 Å². The average Bonchev–Trinajstić information content (AvgIpc) is 2.61. The fraction of sp³-hybridized carbons (Fsp3) is 0.588. The van der Waals surface area contributed by atoms with Gasteiger partial charge in [0, 0.05) is 14.1 Å². The zero-order valence-electron chi connectivity index (χ0n) is 15.7. The number of hydrogen-bond donors (Lipinski definition) is 2. The summed E-state index contributed by atoms with van der Waals surface area (Å²) in [6.07, 6.45) is -4.25. The molecule has 0 amide bonds. The molecular weight excluding hydrogens is 398 g/mol. The summed E-state index contributed by atoms with van der Waals surface area (Å²) in [6.45, 7) is -2.10. The van der Waals surface area contributed by atoms with Crippen molar-refractivity contribution in [3.8, 4) is 0 Å². The third-order valence-corrected chi connectivity index (χ3v) is 6.07. The number of benzene rings is 1. The molecule has 1 aliphatic heterocycles. The lowest BCUT2D eigenvalue weighted by atomic mass is 9.99. The number of halogens is 2. The molecular formula is C17H24F2N2O6S. The van der Waals surface area contributed by atoms with E-state index in [1.54, 1.807) is 12.1 Å². The minimum absolute atomic E-state index is 0.0283. The van der Waals surface area contributed by atoms with Crippen LogP contribution in [0.1, 0.15) is 5.56 Å². The van der Waals surface area contributed by atoms with Crippen LogP contribution in [-0.4, -0.2) is 87.0 Å². The molecule has 0 spiro atoms. The van der Waals surface area contributed by atoms with Crippen LogP contribution in [0.4, 0.5) is 8.78 Å². The largest absolute Gasteiger partial charge is 0.388 e. The third-order valence-electron chi connectivity index (χ3n) is 4.22. The molecule has 1 aromatic carbocycles. The smallest absolute Gasteiger partial charge is 0.345 e. The topological polar surface area (TPSA) is 109 Å². The summed E-state index contributed by atoms with van der Waals surface area (Å²) in [5, 5.41) is 20.1. The number of aryl methyl sites for hydroxylation is 1. The summed E-state index contributed by atoms with van der Waals surface area (Å²) in [4.78, 5) is 5.40. The van der Waals surface area contributed by atoms with Crippen LogP contribution in [0.2, 0.25) is 0 Å². The van der Waals surface area contributed by atoms with Gasteiger partial charge in [0.1, 0.15) is 24.4 Å². The first-order chi connectivity index (χ1) is 13.0. The molecule has 1 fully saturated rings. The van der Waals surface area contributed by atoms with Crippen molar-refractivity contribution < 1.29 is 36.9 Å². The predicted octanol–water partition coefficient (Wildman–Crippen LogP) is 0.415. The van der Waals surface area contributed by atoms with E-state index in [1.165, 1.54) is 31.1 Å². The molecule has 0 bridgehead atoms. The van der Waals surface area contributed by atoms with Crippen molar-refractivity contribution >= 4 is 15.0 Å². The van der Waals surface area contributed by atoms with E-state index in [2.05, 4.69) is 9.73 Å². The van der Waals surface area contributed by atoms with Crippen molar-refractivity contribution in [1.29, 1.82) is 0 Å². The molecule has 0 aliphatic carbocycles. The number of sulfone groups is 1. The first-order valence-electron chi connectivity index (χ1n) is 8.48. The molecule has 4 atom stereocenters. The second-order valence-corrected chi connectivity index (χ2v) is 8.48. The standard InChI is InChI=1S/C17H24F2N2O6S/c1-10-4-6-11(7-5-10)28(24,25)17(21(2)3)20-12-8-26-13(9-27-16(18)19)15(23)14(12)22/h4-7,12-16,22-23H,8-9H2,1-3H3/t12-,13+,14+,15+/m0/s1. The Morgan fingerprint density at radius 2 is 1.89 bits per heavy atom. The highest BCUT2D eigenvalue weighted by atomic mass is 32.2. The van der Waals surface area contributed by atoms with E-state index in [0.29, 0.717) is 0 Å². The van der Waals surface area contributed by atoms with Crippen molar-refractivity contribution in [2.24, 2.45) is 4.99 Å². The molecule has 1 heterocycles. The third kappa shape index (κ3) is 5.23. The van der Waals surface area contributed by atoms with Gasteiger partial charge in [0.05, 0.1) is 18.1 Å². The lowest BCUT2D eigenvalue weighted by molar-refractivity contribution is -0.201. The molecule has 158 valence electrons. The molecule has 1 saturated heterocycles. The lowest BCUT2D eigenvalue weighted by Crippen LogP contribution is -2.54. The first kappa shape index (κ1) is 22.6. The number of aliphatic hydroxyl groups is 2. The molecule has 1 aromatic rings. The number of rotatable bonds is 5. The van der Waals surface area contributed by atoms with Crippen molar-refractivity contribution in [3.63, 3.8) is 0 Å². The molecule has 11 heteroatoms. The maximum Gasteiger partial charge on any atom is 0.345 e. The van der Waals surface area contributed by atoms with Crippen LogP contribution in [0.25, 0.3) is 0 Å². The lowest BCUT2D eigenvalue weighted by Gasteiger charge is -2.36. The number of hydrogen-bond acceptors (Lipinski definition) is 7. The SMILES string of the molecule is Cc1ccc(S(=O)(=O)C(=N[C@H]2CO[C@H](COC(F)F)[C@@H](O)[C@@H]2O)N(C)C)cc1. The van der Waals surface area contributed by atoms with Gasteiger partial charge in [-0.25, -0.2) is 13.4 Å². The summed E-state index contributed by atoms with van der Waals surface area (Å²) in [5.74, 6) is 0. The number of alkyl halides is 2. The quantitative estimate of drug-likeness (QED) is 0.523. The molecule has 0 unspecified atom stereocenters. The van der Waals surface area contributed by atoms with Gasteiger partial charge in [0.25, 0.3) is 0 Å². The summed E-state index contributed by atoms with van der Waals surface area (Å²) >= 11 is 0. The van der Waals surface area contributed by atoms with Crippen LogP contribution in [0.15, 0.2) is 34.2 Å². The molecule has 0 saturated carbocycles. The van der Waals surface area contributed by atoms with E-state index in [9.17, 15) is 27.4 Å². The average molecular weight is 422 g/mol. The Bertz CT molecular complexity index is 785. The zero-order valence-corrected chi connectivity index (χ0v) is 16.5. The normalized spacial score (nSPS) is 26.5. The number of aliphatic hydroxyl groups excluding tert-OH is 2. The fourth-order valence-electron chi connectivity index (χ4n) is 2.68. The first-order valence-corrected chi connectivity index (χ1v) is 9.96. The summed E-state index contributed by atoms with van der Waals surface area (Å²) in [5.41, 5.74) is 0.888. The van der Waals surface area contributed by atoms with E-state index in [-0.39, 0.29) is 16.7 Å². The zero-order chi connectivity index (χ0) is 21.1. The van der Waals surface area contributed by atoms with Gasteiger partial charge >= 0.3 is 6.61 Å². The number of nitrogens with zero attached hydrogens (tertiary/aromatic N) is 2. The molecule has 0 radical (unpaired) electrons. The molecule has 28 heavy (non-hydrogen) atoms. The number of ether oxygens (including phenoxy) is 2. The van der Waals surface area contributed by atoms with Gasteiger partial charge in [-0.3, -0.25) is 0 Å². The van der Waals surface area contributed by atoms with E-state index < -0.39 is 47.4 Å². The second kappa shape index (κ2) is 9.23. The second-order valence-electron chi connectivity index (χ2n) is 6.64. The maximum atomic E-state index is 12.9. The van der Waals surface area contributed by atoms with E-state index in [1.807, 2.05) is 6.92 Å². The Hall–Kier alpha value is -1.66. The molecule has 0 aromatic heterocycles. The highest BCUT2D eigenvalue weighted by Crippen LogP contribution is 2.22. The molecule has 2 rings (SSSR count). The van der Waals surface area contributed by atoms with Crippen molar-refractivity contribution in [1.82, 2.24) is 4.90 Å². The predicted molar refractivity (Wildman–Crippen MR) is 97.0 cm³/mol.